The summed E-state index contributed by atoms with van der Waals surface area (Å²) in [6.07, 6.45) is -0.531. The Labute approximate surface area is 99.2 Å². The molecule has 0 rings (SSSR count). The molecule has 0 spiro atoms. The van der Waals surface area contributed by atoms with Crippen molar-refractivity contribution in [1.82, 2.24) is 0 Å². The molecule has 16 heavy (non-hydrogen) atoms. The van der Waals surface area contributed by atoms with Gasteiger partial charge in [-0.25, -0.2) is 0 Å². The second-order valence-electron chi connectivity index (χ2n) is 3.42. The van der Waals surface area contributed by atoms with E-state index in [1.165, 1.54) is 0 Å². The number of hydrogen-bond acceptors (Lipinski definition) is 4. The molecule has 98 valence electrons. The van der Waals surface area contributed by atoms with Crippen molar-refractivity contribution in [2.75, 3.05) is 26.4 Å². The van der Waals surface area contributed by atoms with Gasteiger partial charge in [-0.15, -0.1) is 0 Å². The van der Waals surface area contributed by atoms with Crippen molar-refractivity contribution in [3.63, 3.8) is 0 Å². The van der Waals surface area contributed by atoms with E-state index in [2.05, 4.69) is 0 Å². The van der Waals surface area contributed by atoms with Crippen LogP contribution < -0.4 is 0 Å². The highest BCUT2D eigenvalue weighted by Gasteiger charge is 2.27. The average molecular weight is 234 g/mol. The molecule has 0 aliphatic rings. The maximum Gasteiger partial charge on any atom is 0.164 e. The minimum absolute atomic E-state index is 0.0554. The monoisotopic (exact) mass is 234 g/mol. The maximum absolute atomic E-state index is 5.54. The van der Waals surface area contributed by atoms with Gasteiger partial charge in [-0.2, -0.15) is 0 Å². The van der Waals surface area contributed by atoms with E-state index < -0.39 is 0 Å². The summed E-state index contributed by atoms with van der Waals surface area (Å²) in [7, 11) is 0. The van der Waals surface area contributed by atoms with Crippen molar-refractivity contribution < 1.29 is 18.9 Å². The lowest BCUT2D eigenvalue weighted by atomic mass is 10.1. The number of rotatable bonds is 10. The zero-order valence-corrected chi connectivity index (χ0v) is 11.2. The van der Waals surface area contributed by atoms with Crippen LogP contribution in [0.2, 0.25) is 0 Å². The quantitative estimate of drug-likeness (QED) is 0.544. The average Bonchev–Trinajstić information content (AvgIpc) is 2.27. The Morgan fingerprint density at radius 3 is 1.06 bits per heavy atom. The molecule has 0 aromatic carbocycles. The predicted molar refractivity (Wildman–Crippen MR) is 63.2 cm³/mol. The van der Waals surface area contributed by atoms with Gasteiger partial charge in [0.15, 0.2) is 12.6 Å². The van der Waals surface area contributed by atoms with Crippen LogP contribution in [-0.4, -0.2) is 39.0 Å². The third-order valence-corrected chi connectivity index (χ3v) is 2.18. The van der Waals surface area contributed by atoms with E-state index in [9.17, 15) is 0 Å². The van der Waals surface area contributed by atoms with E-state index in [1.54, 1.807) is 0 Å². The van der Waals surface area contributed by atoms with E-state index in [0.29, 0.717) is 26.4 Å². The summed E-state index contributed by atoms with van der Waals surface area (Å²) >= 11 is 0. The van der Waals surface area contributed by atoms with Crippen molar-refractivity contribution in [3.05, 3.63) is 0 Å². The Morgan fingerprint density at radius 1 is 0.625 bits per heavy atom. The Kier molecular flexibility index (Phi) is 9.92. The molecule has 0 saturated heterocycles. The van der Waals surface area contributed by atoms with Crippen LogP contribution in [0.1, 0.15) is 34.6 Å². The highest BCUT2D eigenvalue weighted by molar-refractivity contribution is 4.62. The zero-order chi connectivity index (χ0) is 12.4. The summed E-state index contributed by atoms with van der Waals surface area (Å²) in [5.74, 6) is 0.0554. The summed E-state index contributed by atoms with van der Waals surface area (Å²) in [4.78, 5) is 0. The van der Waals surface area contributed by atoms with Crippen molar-refractivity contribution in [1.29, 1.82) is 0 Å². The molecule has 0 aromatic heterocycles. The fourth-order valence-electron chi connectivity index (χ4n) is 1.49. The fourth-order valence-corrected chi connectivity index (χ4v) is 1.49. The molecular formula is C12H26O4. The first-order chi connectivity index (χ1) is 7.71. The molecule has 0 aliphatic carbocycles. The van der Waals surface area contributed by atoms with E-state index in [1.807, 2.05) is 34.6 Å². The van der Waals surface area contributed by atoms with Crippen LogP contribution in [0, 0.1) is 5.92 Å². The molecule has 0 unspecified atom stereocenters. The van der Waals surface area contributed by atoms with E-state index >= 15 is 0 Å². The lowest BCUT2D eigenvalue weighted by molar-refractivity contribution is -0.242. The lowest BCUT2D eigenvalue weighted by Crippen LogP contribution is -2.37. The Balaban J connectivity index is 4.31. The van der Waals surface area contributed by atoms with E-state index in [4.69, 9.17) is 18.9 Å². The first-order valence-electron chi connectivity index (χ1n) is 6.17. The fraction of sp³-hybridized carbons (Fsp3) is 1.00. The van der Waals surface area contributed by atoms with Gasteiger partial charge in [-0.05, 0) is 27.7 Å². The molecule has 0 N–H and O–H groups in total. The molecule has 0 fully saturated rings. The number of ether oxygens (including phenoxy) is 4. The normalized spacial score (nSPS) is 12.0. The molecule has 0 atom stereocenters. The van der Waals surface area contributed by atoms with Gasteiger partial charge in [0.2, 0.25) is 0 Å². The van der Waals surface area contributed by atoms with Crippen LogP contribution in [-0.2, 0) is 18.9 Å². The molecule has 0 bridgehead atoms. The van der Waals surface area contributed by atoms with Crippen LogP contribution in [0.4, 0.5) is 0 Å². The molecule has 4 heteroatoms. The SMILES string of the molecule is CCOC(OCC)C(C)C(OCC)OCC. The van der Waals surface area contributed by atoms with Crippen LogP contribution in [0.15, 0.2) is 0 Å². The minimum Gasteiger partial charge on any atom is -0.352 e. The smallest absolute Gasteiger partial charge is 0.164 e. The highest BCUT2D eigenvalue weighted by atomic mass is 16.7. The third-order valence-electron chi connectivity index (χ3n) is 2.18. The maximum atomic E-state index is 5.54. The van der Waals surface area contributed by atoms with Gasteiger partial charge in [0.25, 0.3) is 0 Å². The topological polar surface area (TPSA) is 36.9 Å². The second kappa shape index (κ2) is 10.0. The summed E-state index contributed by atoms with van der Waals surface area (Å²) in [6.45, 7) is 12.3. The minimum atomic E-state index is -0.266. The summed E-state index contributed by atoms with van der Waals surface area (Å²) in [6, 6.07) is 0. The number of hydrogen-bond donors (Lipinski definition) is 0. The van der Waals surface area contributed by atoms with Crippen molar-refractivity contribution in [2.45, 2.75) is 47.2 Å². The molecule has 0 saturated carbocycles. The van der Waals surface area contributed by atoms with E-state index in [-0.39, 0.29) is 18.5 Å². The van der Waals surface area contributed by atoms with Gasteiger partial charge in [-0.1, -0.05) is 6.92 Å². The van der Waals surface area contributed by atoms with Crippen LogP contribution in [0.5, 0.6) is 0 Å². The summed E-state index contributed by atoms with van der Waals surface area (Å²) < 4.78 is 22.1. The molecule has 0 aliphatic heterocycles. The van der Waals surface area contributed by atoms with Crippen LogP contribution >= 0.6 is 0 Å². The van der Waals surface area contributed by atoms with Gasteiger partial charge in [0.1, 0.15) is 0 Å². The van der Waals surface area contributed by atoms with Gasteiger partial charge in [-0.3, -0.25) is 0 Å². The predicted octanol–water partition coefficient (Wildman–Crippen LogP) is 2.42. The van der Waals surface area contributed by atoms with Gasteiger partial charge < -0.3 is 18.9 Å². The molecule has 0 amide bonds. The first-order valence-corrected chi connectivity index (χ1v) is 6.17. The Hall–Kier alpha value is -0.160. The zero-order valence-electron chi connectivity index (χ0n) is 11.2. The molecule has 4 nitrogen and oxygen atoms in total. The van der Waals surface area contributed by atoms with E-state index in [0.717, 1.165) is 0 Å². The molecule has 0 aromatic rings. The van der Waals surface area contributed by atoms with Crippen molar-refractivity contribution >= 4 is 0 Å². The first kappa shape index (κ1) is 15.8. The third kappa shape index (κ3) is 5.80. The van der Waals surface area contributed by atoms with Gasteiger partial charge >= 0.3 is 0 Å². The Bertz CT molecular complexity index is 124. The standard InChI is InChI=1S/C12H26O4/c1-6-13-11(14-7-2)10(5)12(15-8-3)16-9-4/h10-12H,6-9H2,1-5H3. The second-order valence-corrected chi connectivity index (χ2v) is 3.42. The molecule has 0 heterocycles. The Morgan fingerprint density at radius 2 is 0.875 bits per heavy atom. The van der Waals surface area contributed by atoms with Crippen molar-refractivity contribution in [3.8, 4) is 0 Å². The summed E-state index contributed by atoms with van der Waals surface area (Å²) in [5, 5.41) is 0. The van der Waals surface area contributed by atoms with Crippen molar-refractivity contribution in [2.24, 2.45) is 5.92 Å². The van der Waals surface area contributed by atoms with Crippen LogP contribution in [0.25, 0.3) is 0 Å². The largest absolute Gasteiger partial charge is 0.352 e. The molecular weight excluding hydrogens is 208 g/mol. The lowest BCUT2D eigenvalue weighted by Gasteiger charge is -2.29. The van der Waals surface area contributed by atoms with Gasteiger partial charge in [0, 0.05) is 26.4 Å². The summed E-state index contributed by atoms with van der Waals surface area (Å²) in [5.41, 5.74) is 0. The van der Waals surface area contributed by atoms with Gasteiger partial charge in [0.05, 0.1) is 5.92 Å². The highest BCUT2D eigenvalue weighted by Crippen LogP contribution is 2.17. The molecule has 0 radical (unpaired) electrons. The van der Waals surface area contributed by atoms with Crippen LogP contribution in [0.3, 0.4) is 0 Å².